The molecule has 1 aromatic heterocycles. The summed E-state index contributed by atoms with van der Waals surface area (Å²) in [6, 6.07) is 7.42. The number of carbonyl (C=O) groups excluding carboxylic acids is 1. The number of amides is 1. The highest BCUT2D eigenvalue weighted by Gasteiger charge is 2.32. The maximum Gasteiger partial charge on any atom is 0.245 e. The molecule has 1 saturated carbocycles. The zero-order valence-electron chi connectivity index (χ0n) is 14.3. The van der Waals surface area contributed by atoms with E-state index in [1.807, 2.05) is 24.3 Å². The molecule has 0 saturated heterocycles. The van der Waals surface area contributed by atoms with Gasteiger partial charge in [0.1, 0.15) is 17.6 Å². The summed E-state index contributed by atoms with van der Waals surface area (Å²) in [4.78, 5) is 12.8. The average Bonchev–Trinajstić information content (AvgIpc) is 3.35. The summed E-state index contributed by atoms with van der Waals surface area (Å²) in [5, 5.41) is 14.7. The zero-order valence-corrected chi connectivity index (χ0v) is 14.3. The number of aromatic nitrogens is 4. The van der Waals surface area contributed by atoms with Gasteiger partial charge in [0, 0.05) is 12.5 Å². The first-order valence-corrected chi connectivity index (χ1v) is 8.26. The molecule has 0 aliphatic heterocycles. The van der Waals surface area contributed by atoms with Crippen LogP contribution in [0.3, 0.4) is 0 Å². The quantitative estimate of drug-likeness (QED) is 0.836. The van der Waals surface area contributed by atoms with Gasteiger partial charge in [-0.15, -0.1) is 5.10 Å². The molecule has 24 heavy (non-hydrogen) atoms. The number of ether oxygens (including phenoxy) is 1. The lowest BCUT2D eigenvalue weighted by Gasteiger charge is -2.21. The Morgan fingerprint density at radius 1 is 1.46 bits per heavy atom. The SMILES string of the molecule is COc1cccc(CC(C(=O)NC(C)C2CC2)n2nnnc2C)c1. The molecule has 2 atom stereocenters. The van der Waals surface area contributed by atoms with Gasteiger partial charge in [0.05, 0.1) is 7.11 Å². The molecule has 2 aromatic rings. The Labute approximate surface area is 141 Å². The number of hydrogen-bond donors (Lipinski definition) is 1. The van der Waals surface area contributed by atoms with Gasteiger partial charge in [0.15, 0.2) is 0 Å². The first-order valence-electron chi connectivity index (χ1n) is 8.26. The zero-order chi connectivity index (χ0) is 17.1. The second-order valence-corrected chi connectivity index (χ2v) is 6.38. The van der Waals surface area contributed by atoms with Crippen LogP contribution in [-0.2, 0) is 11.2 Å². The molecule has 7 nitrogen and oxygen atoms in total. The molecule has 2 unspecified atom stereocenters. The number of tetrazole rings is 1. The number of nitrogens with one attached hydrogen (secondary N) is 1. The highest BCUT2D eigenvalue weighted by molar-refractivity contribution is 5.81. The summed E-state index contributed by atoms with van der Waals surface area (Å²) in [6.07, 6.45) is 2.88. The summed E-state index contributed by atoms with van der Waals surface area (Å²) in [5.74, 6) is 1.94. The topological polar surface area (TPSA) is 81.9 Å². The fourth-order valence-corrected chi connectivity index (χ4v) is 2.87. The fraction of sp³-hybridized carbons (Fsp3) is 0.529. The lowest BCUT2D eigenvalue weighted by atomic mass is 10.0. The van der Waals surface area contributed by atoms with Crippen molar-refractivity contribution in [1.82, 2.24) is 25.5 Å². The summed E-state index contributed by atoms with van der Waals surface area (Å²) >= 11 is 0. The van der Waals surface area contributed by atoms with Gasteiger partial charge >= 0.3 is 0 Å². The van der Waals surface area contributed by atoms with Crippen molar-refractivity contribution < 1.29 is 9.53 Å². The number of rotatable bonds is 7. The highest BCUT2D eigenvalue weighted by Crippen LogP contribution is 2.32. The minimum atomic E-state index is -0.478. The van der Waals surface area contributed by atoms with Crippen molar-refractivity contribution in [3.63, 3.8) is 0 Å². The van der Waals surface area contributed by atoms with Gasteiger partial charge in [-0.05, 0) is 60.7 Å². The van der Waals surface area contributed by atoms with Gasteiger partial charge in [-0.2, -0.15) is 0 Å². The van der Waals surface area contributed by atoms with Crippen LogP contribution < -0.4 is 10.1 Å². The molecule has 7 heteroatoms. The molecule has 1 N–H and O–H groups in total. The van der Waals surface area contributed by atoms with Gasteiger partial charge in [-0.3, -0.25) is 4.79 Å². The van der Waals surface area contributed by atoms with E-state index in [-0.39, 0.29) is 11.9 Å². The van der Waals surface area contributed by atoms with Crippen molar-refractivity contribution in [2.24, 2.45) is 5.92 Å². The third-order valence-electron chi connectivity index (χ3n) is 4.52. The van der Waals surface area contributed by atoms with E-state index in [4.69, 9.17) is 4.74 Å². The van der Waals surface area contributed by atoms with Crippen LogP contribution in [0.25, 0.3) is 0 Å². The molecule has 128 valence electrons. The number of hydrogen-bond acceptors (Lipinski definition) is 5. The predicted molar refractivity (Wildman–Crippen MR) is 88.6 cm³/mol. The Kier molecular flexibility index (Phi) is 4.78. The Bertz CT molecular complexity index is 711. The summed E-state index contributed by atoms with van der Waals surface area (Å²) in [7, 11) is 1.63. The number of carbonyl (C=O) groups is 1. The van der Waals surface area contributed by atoms with E-state index in [1.54, 1.807) is 18.7 Å². The molecule has 1 aliphatic rings. The maximum atomic E-state index is 12.8. The van der Waals surface area contributed by atoms with Crippen molar-refractivity contribution in [2.75, 3.05) is 7.11 Å². The molecule has 3 rings (SSSR count). The summed E-state index contributed by atoms with van der Waals surface area (Å²) in [5.41, 5.74) is 1.00. The molecule has 0 bridgehead atoms. The van der Waals surface area contributed by atoms with Crippen LogP contribution in [-0.4, -0.2) is 39.3 Å². The monoisotopic (exact) mass is 329 g/mol. The standard InChI is InChI=1S/C17H23N5O2/c1-11(14-7-8-14)18-17(23)16(22-12(2)19-20-21-22)10-13-5-4-6-15(9-13)24-3/h4-6,9,11,14,16H,7-8,10H2,1-3H3,(H,18,23). The van der Waals surface area contributed by atoms with E-state index in [0.717, 1.165) is 11.3 Å². The normalized spacial score (nSPS) is 16.5. The lowest BCUT2D eigenvalue weighted by Crippen LogP contribution is -2.40. The Morgan fingerprint density at radius 2 is 2.25 bits per heavy atom. The smallest absolute Gasteiger partial charge is 0.245 e. The Hall–Kier alpha value is -2.44. The number of benzene rings is 1. The van der Waals surface area contributed by atoms with Crippen molar-refractivity contribution in [3.05, 3.63) is 35.7 Å². The van der Waals surface area contributed by atoms with E-state index < -0.39 is 6.04 Å². The van der Waals surface area contributed by atoms with Gasteiger partial charge in [0.25, 0.3) is 0 Å². The molecule has 0 spiro atoms. The van der Waals surface area contributed by atoms with Crippen LogP contribution in [0, 0.1) is 12.8 Å². The number of nitrogens with zero attached hydrogens (tertiary/aromatic N) is 4. The third kappa shape index (κ3) is 3.72. The number of methoxy groups -OCH3 is 1. The largest absolute Gasteiger partial charge is 0.497 e. The summed E-state index contributed by atoms with van der Waals surface area (Å²) in [6.45, 7) is 3.86. The van der Waals surface area contributed by atoms with E-state index in [9.17, 15) is 4.79 Å². The predicted octanol–water partition coefficient (Wildman–Crippen LogP) is 1.69. The molecule has 1 aromatic carbocycles. The fourth-order valence-electron chi connectivity index (χ4n) is 2.87. The number of aryl methyl sites for hydroxylation is 1. The maximum absolute atomic E-state index is 12.8. The average molecular weight is 329 g/mol. The van der Waals surface area contributed by atoms with E-state index >= 15 is 0 Å². The lowest BCUT2D eigenvalue weighted by molar-refractivity contribution is -0.125. The molecule has 1 aliphatic carbocycles. The molecule has 1 amide bonds. The second kappa shape index (κ2) is 6.98. The van der Waals surface area contributed by atoms with Gasteiger partial charge in [0.2, 0.25) is 5.91 Å². The summed E-state index contributed by atoms with van der Waals surface area (Å²) < 4.78 is 6.86. The first kappa shape index (κ1) is 16.4. The molecular formula is C17H23N5O2. The Balaban J connectivity index is 1.81. The van der Waals surface area contributed by atoms with Crippen molar-refractivity contribution >= 4 is 5.91 Å². The van der Waals surface area contributed by atoms with Crippen molar-refractivity contribution in [3.8, 4) is 5.75 Å². The van der Waals surface area contributed by atoms with Crippen LogP contribution in [0.4, 0.5) is 0 Å². The minimum absolute atomic E-state index is 0.0485. The van der Waals surface area contributed by atoms with Gasteiger partial charge in [-0.1, -0.05) is 12.1 Å². The molecular weight excluding hydrogens is 306 g/mol. The van der Waals surface area contributed by atoms with E-state index in [2.05, 4.69) is 27.8 Å². The van der Waals surface area contributed by atoms with Crippen LogP contribution in [0.2, 0.25) is 0 Å². The Morgan fingerprint density at radius 3 is 2.88 bits per heavy atom. The van der Waals surface area contributed by atoms with Crippen LogP contribution in [0.15, 0.2) is 24.3 Å². The minimum Gasteiger partial charge on any atom is -0.497 e. The van der Waals surface area contributed by atoms with E-state index in [0.29, 0.717) is 18.2 Å². The van der Waals surface area contributed by atoms with E-state index in [1.165, 1.54) is 12.8 Å². The second-order valence-electron chi connectivity index (χ2n) is 6.38. The van der Waals surface area contributed by atoms with Crippen LogP contribution >= 0.6 is 0 Å². The van der Waals surface area contributed by atoms with Crippen LogP contribution in [0.1, 0.15) is 37.2 Å². The molecule has 1 fully saturated rings. The van der Waals surface area contributed by atoms with Gasteiger partial charge < -0.3 is 10.1 Å². The molecule has 1 heterocycles. The molecule has 0 radical (unpaired) electrons. The van der Waals surface area contributed by atoms with Crippen molar-refractivity contribution in [1.29, 1.82) is 0 Å². The first-order chi connectivity index (χ1) is 11.6. The van der Waals surface area contributed by atoms with Gasteiger partial charge in [-0.25, -0.2) is 4.68 Å². The highest BCUT2D eigenvalue weighted by atomic mass is 16.5. The van der Waals surface area contributed by atoms with Crippen molar-refractivity contribution in [2.45, 2.75) is 45.2 Å². The van der Waals surface area contributed by atoms with Crippen LogP contribution in [0.5, 0.6) is 5.75 Å². The third-order valence-corrected chi connectivity index (χ3v) is 4.52.